The van der Waals surface area contributed by atoms with E-state index in [4.69, 9.17) is 10.5 Å². The fraction of sp³-hybridized carbons (Fsp3) is 0.294. The lowest BCUT2D eigenvalue weighted by atomic mass is 10.0. The summed E-state index contributed by atoms with van der Waals surface area (Å²) in [5.41, 5.74) is 9.66. The van der Waals surface area contributed by atoms with E-state index in [-0.39, 0.29) is 6.04 Å². The van der Waals surface area contributed by atoms with Gasteiger partial charge in [0.2, 0.25) is 0 Å². The minimum Gasteiger partial charge on any atom is -0.379 e. The number of ether oxygens (including phenoxy) is 1. The maximum absolute atomic E-state index is 6.10. The molecule has 0 amide bonds. The molecule has 2 aromatic carbocycles. The third-order valence-corrected chi connectivity index (χ3v) is 3.09. The molecule has 19 heavy (non-hydrogen) atoms. The largest absolute Gasteiger partial charge is 0.379 e. The van der Waals surface area contributed by atoms with Crippen molar-refractivity contribution in [2.45, 2.75) is 19.4 Å². The van der Waals surface area contributed by atoms with Gasteiger partial charge in [-0.05, 0) is 23.1 Å². The van der Waals surface area contributed by atoms with Crippen LogP contribution in [0, 0.1) is 0 Å². The molecule has 0 saturated heterocycles. The Balaban J connectivity index is 2.02. The van der Waals surface area contributed by atoms with Crippen molar-refractivity contribution in [1.82, 2.24) is 0 Å². The first-order valence-corrected chi connectivity index (χ1v) is 6.80. The minimum atomic E-state index is -0.0450. The zero-order valence-electron chi connectivity index (χ0n) is 11.4. The molecular formula is C17H21NO. The van der Waals surface area contributed by atoms with Crippen LogP contribution in [0.3, 0.4) is 0 Å². The van der Waals surface area contributed by atoms with E-state index in [1.807, 2.05) is 18.2 Å². The molecule has 2 N–H and O–H groups in total. The van der Waals surface area contributed by atoms with E-state index < -0.39 is 0 Å². The van der Waals surface area contributed by atoms with Crippen LogP contribution < -0.4 is 5.73 Å². The van der Waals surface area contributed by atoms with Crippen molar-refractivity contribution in [3.63, 3.8) is 0 Å². The lowest BCUT2D eigenvalue weighted by Gasteiger charge is -2.13. The first kappa shape index (κ1) is 13.8. The topological polar surface area (TPSA) is 35.2 Å². The summed E-state index contributed by atoms with van der Waals surface area (Å²) in [4.78, 5) is 0. The fourth-order valence-electron chi connectivity index (χ4n) is 2.00. The molecule has 1 atom stereocenters. The molecule has 0 aromatic heterocycles. The molecule has 2 heteroatoms. The van der Waals surface area contributed by atoms with Gasteiger partial charge in [-0.25, -0.2) is 0 Å². The molecule has 0 spiro atoms. The first-order valence-electron chi connectivity index (χ1n) is 6.80. The van der Waals surface area contributed by atoms with Gasteiger partial charge in [-0.2, -0.15) is 0 Å². The van der Waals surface area contributed by atoms with Crippen LogP contribution in [0.15, 0.2) is 54.6 Å². The Kier molecular flexibility index (Phi) is 5.13. The molecule has 1 unspecified atom stereocenters. The average molecular weight is 255 g/mol. The molecule has 0 aliphatic rings. The molecule has 2 nitrogen and oxygen atoms in total. The summed E-state index contributed by atoms with van der Waals surface area (Å²) in [5, 5.41) is 0. The SMILES string of the molecule is CCCOCC(N)c1ccc(-c2ccccc2)cc1. The minimum absolute atomic E-state index is 0.0450. The standard InChI is InChI=1S/C17H21NO/c1-2-12-19-13-17(18)16-10-8-15(9-11-16)14-6-4-3-5-7-14/h3-11,17H,2,12-13,18H2,1H3. The molecule has 0 aliphatic carbocycles. The van der Waals surface area contributed by atoms with Gasteiger partial charge in [0.1, 0.15) is 0 Å². The van der Waals surface area contributed by atoms with Crippen LogP contribution in [-0.4, -0.2) is 13.2 Å². The van der Waals surface area contributed by atoms with Crippen LogP contribution in [0.2, 0.25) is 0 Å². The lowest BCUT2D eigenvalue weighted by molar-refractivity contribution is 0.121. The number of hydrogen-bond acceptors (Lipinski definition) is 2. The van der Waals surface area contributed by atoms with E-state index in [0.717, 1.165) is 18.6 Å². The second-order valence-electron chi connectivity index (χ2n) is 4.67. The average Bonchev–Trinajstić information content (AvgIpc) is 2.48. The smallest absolute Gasteiger partial charge is 0.0659 e. The van der Waals surface area contributed by atoms with Crippen molar-refractivity contribution >= 4 is 0 Å². The van der Waals surface area contributed by atoms with Gasteiger partial charge in [0.25, 0.3) is 0 Å². The van der Waals surface area contributed by atoms with Crippen molar-refractivity contribution in [3.05, 3.63) is 60.2 Å². The zero-order valence-corrected chi connectivity index (χ0v) is 11.4. The summed E-state index contributed by atoms with van der Waals surface area (Å²) in [7, 11) is 0. The molecule has 2 rings (SSSR count). The Morgan fingerprint density at radius 2 is 1.58 bits per heavy atom. The van der Waals surface area contributed by atoms with Gasteiger partial charge in [-0.1, -0.05) is 61.5 Å². The summed E-state index contributed by atoms with van der Waals surface area (Å²) < 4.78 is 5.49. The van der Waals surface area contributed by atoms with E-state index >= 15 is 0 Å². The highest BCUT2D eigenvalue weighted by Gasteiger charge is 2.06. The van der Waals surface area contributed by atoms with E-state index in [2.05, 4.69) is 43.3 Å². The third-order valence-electron chi connectivity index (χ3n) is 3.09. The van der Waals surface area contributed by atoms with Crippen LogP contribution in [0.4, 0.5) is 0 Å². The van der Waals surface area contributed by atoms with E-state index in [1.165, 1.54) is 11.1 Å². The predicted molar refractivity (Wildman–Crippen MR) is 79.9 cm³/mol. The normalized spacial score (nSPS) is 12.3. The van der Waals surface area contributed by atoms with Crippen molar-refractivity contribution in [2.24, 2.45) is 5.73 Å². The van der Waals surface area contributed by atoms with Crippen LogP contribution in [-0.2, 0) is 4.74 Å². The molecule has 0 radical (unpaired) electrons. The Morgan fingerprint density at radius 1 is 0.947 bits per heavy atom. The molecule has 0 heterocycles. The highest BCUT2D eigenvalue weighted by atomic mass is 16.5. The molecule has 0 bridgehead atoms. The third kappa shape index (κ3) is 3.91. The fourth-order valence-corrected chi connectivity index (χ4v) is 2.00. The van der Waals surface area contributed by atoms with Gasteiger partial charge >= 0.3 is 0 Å². The van der Waals surface area contributed by atoms with Gasteiger partial charge in [-0.15, -0.1) is 0 Å². The van der Waals surface area contributed by atoms with Crippen molar-refractivity contribution in [1.29, 1.82) is 0 Å². The van der Waals surface area contributed by atoms with Crippen LogP contribution in [0.1, 0.15) is 24.9 Å². The summed E-state index contributed by atoms with van der Waals surface area (Å²) in [6.07, 6.45) is 1.03. The van der Waals surface area contributed by atoms with Crippen molar-refractivity contribution in [3.8, 4) is 11.1 Å². The Labute approximate surface area is 115 Å². The summed E-state index contributed by atoms with van der Waals surface area (Å²) >= 11 is 0. The Morgan fingerprint density at radius 3 is 2.21 bits per heavy atom. The van der Waals surface area contributed by atoms with E-state index in [9.17, 15) is 0 Å². The Bertz CT molecular complexity index is 478. The number of nitrogens with two attached hydrogens (primary N) is 1. The van der Waals surface area contributed by atoms with E-state index in [1.54, 1.807) is 0 Å². The van der Waals surface area contributed by atoms with Gasteiger partial charge in [0.15, 0.2) is 0 Å². The van der Waals surface area contributed by atoms with Crippen molar-refractivity contribution < 1.29 is 4.74 Å². The highest BCUT2D eigenvalue weighted by molar-refractivity contribution is 5.63. The van der Waals surface area contributed by atoms with E-state index in [0.29, 0.717) is 6.61 Å². The Hall–Kier alpha value is -1.64. The number of rotatable bonds is 6. The van der Waals surface area contributed by atoms with Gasteiger partial charge in [0.05, 0.1) is 12.6 Å². The van der Waals surface area contributed by atoms with Crippen LogP contribution >= 0.6 is 0 Å². The quantitative estimate of drug-likeness (QED) is 0.797. The van der Waals surface area contributed by atoms with Crippen LogP contribution in [0.5, 0.6) is 0 Å². The van der Waals surface area contributed by atoms with Gasteiger partial charge in [0, 0.05) is 6.61 Å². The first-order chi connectivity index (χ1) is 9.31. The van der Waals surface area contributed by atoms with Gasteiger partial charge < -0.3 is 10.5 Å². The summed E-state index contributed by atoms with van der Waals surface area (Å²) in [5.74, 6) is 0. The lowest BCUT2D eigenvalue weighted by Crippen LogP contribution is -2.17. The molecular weight excluding hydrogens is 234 g/mol. The molecule has 2 aromatic rings. The maximum atomic E-state index is 6.10. The predicted octanol–water partition coefficient (Wildman–Crippen LogP) is 3.78. The molecule has 0 aliphatic heterocycles. The summed E-state index contributed by atoms with van der Waals surface area (Å²) in [6.45, 7) is 3.45. The molecule has 0 saturated carbocycles. The maximum Gasteiger partial charge on any atom is 0.0659 e. The van der Waals surface area contributed by atoms with Gasteiger partial charge in [-0.3, -0.25) is 0 Å². The molecule has 0 fully saturated rings. The molecule has 100 valence electrons. The van der Waals surface area contributed by atoms with Crippen LogP contribution in [0.25, 0.3) is 11.1 Å². The van der Waals surface area contributed by atoms with Crippen molar-refractivity contribution in [2.75, 3.05) is 13.2 Å². The highest BCUT2D eigenvalue weighted by Crippen LogP contribution is 2.21. The number of benzene rings is 2. The number of hydrogen-bond donors (Lipinski definition) is 1. The monoisotopic (exact) mass is 255 g/mol. The zero-order chi connectivity index (χ0) is 13.5. The summed E-state index contributed by atoms with van der Waals surface area (Å²) in [6, 6.07) is 18.7. The second-order valence-corrected chi connectivity index (χ2v) is 4.67. The second kappa shape index (κ2) is 7.07.